The topological polar surface area (TPSA) is 91.1 Å². The largest absolute Gasteiger partial charge is 0.355 e. The molecule has 1 aromatic heterocycles. The van der Waals surface area contributed by atoms with Crippen LogP contribution in [0.4, 0.5) is 0 Å². The second-order valence-electron chi connectivity index (χ2n) is 8.70. The van der Waals surface area contributed by atoms with Crippen molar-refractivity contribution in [2.45, 2.75) is 37.2 Å². The minimum absolute atomic E-state index is 0.201. The van der Waals surface area contributed by atoms with Crippen LogP contribution in [0.25, 0.3) is 32.6 Å². The monoisotopic (exact) mass is 485 g/mol. The fourth-order valence-electron chi connectivity index (χ4n) is 4.48. The van der Waals surface area contributed by atoms with Crippen LogP contribution < -0.4 is 10.0 Å². The fraction of sp³-hybridized carbons (Fsp3) is 0.179. The van der Waals surface area contributed by atoms with Gasteiger partial charge in [0.1, 0.15) is 0 Å². The summed E-state index contributed by atoms with van der Waals surface area (Å²) in [6.07, 6.45) is 1.40. The predicted molar refractivity (Wildman–Crippen MR) is 141 cm³/mol. The number of sulfonamides is 1. The summed E-state index contributed by atoms with van der Waals surface area (Å²) < 4.78 is 29.4. The third-order valence-corrected chi connectivity index (χ3v) is 7.79. The number of unbranched alkanes of at least 4 members (excludes halogenated alkanes) is 1. The number of para-hydroxylation sites is 1. The van der Waals surface area contributed by atoms with Crippen molar-refractivity contribution in [3.63, 3.8) is 0 Å². The molecule has 7 heteroatoms. The standard InChI is InChI=1S/C28H27N3O3S/c1-2-3-15-27(31-35(33,34)26-14-8-10-19-9-4-5-11-21(19)26)30-28(32)20-16-17-25-23(18-20)22-12-6-7-13-24(22)29-25/h4-14,16-18,27,29,31H,2-3,15H2,1H3,(H,30,32). The molecular weight excluding hydrogens is 458 g/mol. The molecule has 0 aliphatic heterocycles. The number of rotatable bonds is 8. The molecule has 5 rings (SSSR count). The quantitative estimate of drug-likeness (QED) is 0.246. The Bertz CT molecular complexity index is 1630. The molecule has 1 amide bonds. The van der Waals surface area contributed by atoms with Gasteiger partial charge >= 0.3 is 0 Å². The number of nitrogens with one attached hydrogen (secondary N) is 3. The fourth-order valence-corrected chi connectivity index (χ4v) is 5.89. The molecule has 4 aromatic carbocycles. The van der Waals surface area contributed by atoms with Crippen molar-refractivity contribution in [1.29, 1.82) is 0 Å². The summed E-state index contributed by atoms with van der Waals surface area (Å²) in [4.78, 5) is 16.8. The van der Waals surface area contributed by atoms with Crippen LogP contribution in [0.15, 0.2) is 89.8 Å². The number of H-pyrrole nitrogens is 1. The van der Waals surface area contributed by atoms with Gasteiger partial charge in [-0.05, 0) is 42.1 Å². The molecule has 0 radical (unpaired) electrons. The molecule has 6 nitrogen and oxygen atoms in total. The third kappa shape index (κ3) is 4.65. The first-order valence-electron chi connectivity index (χ1n) is 11.8. The Morgan fingerprint density at radius 1 is 0.857 bits per heavy atom. The van der Waals surface area contributed by atoms with Crippen molar-refractivity contribution in [2.75, 3.05) is 0 Å². The van der Waals surface area contributed by atoms with Crippen molar-refractivity contribution in [1.82, 2.24) is 15.0 Å². The van der Waals surface area contributed by atoms with Gasteiger partial charge in [-0.3, -0.25) is 4.79 Å². The SMILES string of the molecule is CCCCC(NC(=O)c1ccc2[nH]c3ccccc3c2c1)NS(=O)(=O)c1cccc2ccccc12. The van der Waals surface area contributed by atoms with E-state index in [9.17, 15) is 13.2 Å². The minimum Gasteiger partial charge on any atom is -0.355 e. The van der Waals surface area contributed by atoms with E-state index in [1.807, 2.05) is 67.6 Å². The van der Waals surface area contributed by atoms with Gasteiger partial charge in [0.15, 0.2) is 0 Å². The zero-order valence-electron chi connectivity index (χ0n) is 19.4. The third-order valence-electron chi connectivity index (χ3n) is 6.26. The number of carbonyl (C=O) groups is 1. The second-order valence-corrected chi connectivity index (χ2v) is 10.4. The Morgan fingerprint density at radius 2 is 1.57 bits per heavy atom. The lowest BCUT2D eigenvalue weighted by Gasteiger charge is -2.21. The van der Waals surface area contributed by atoms with Gasteiger partial charge in [0.25, 0.3) is 5.91 Å². The van der Waals surface area contributed by atoms with E-state index in [1.54, 1.807) is 24.3 Å². The average molecular weight is 486 g/mol. The molecule has 3 N–H and O–H groups in total. The number of benzene rings is 4. The summed E-state index contributed by atoms with van der Waals surface area (Å²) in [6, 6.07) is 26.0. The van der Waals surface area contributed by atoms with Crippen LogP contribution in [0.1, 0.15) is 36.5 Å². The van der Waals surface area contributed by atoms with Gasteiger partial charge in [-0.25, -0.2) is 8.42 Å². The molecule has 1 heterocycles. The van der Waals surface area contributed by atoms with E-state index in [-0.39, 0.29) is 10.8 Å². The van der Waals surface area contributed by atoms with E-state index in [2.05, 4.69) is 15.0 Å². The Kier molecular flexibility index (Phi) is 6.28. The maximum Gasteiger partial charge on any atom is 0.252 e. The molecule has 0 bridgehead atoms. The Labute approximate surface area is 204 Å². The van der Waals surface area contributed by atoms with Gasteiger partial charge < -0.3 is 10.3 Å². The van der Waals surface area contributed by atoms with Crippen LogP contribution in [0.3, 0.4) is 0 Å². The van der Waals surface area contributed by atoms with Gasteiger partial charge in [-0.2, -0.15) is 4.72 Å². The Hall–Kier alpha value is -3.68. The number of hydrogen-bond donors (Lipinski definition) is 3. The van der Waals surface area contributed by atoms with Gasteiger partial charge in [-0.1, -0.05) is 74.4 Å². The molecule has 0 saturated heterocycles. The second kappa shape index (κ2) is 9.52. The van der Waals surface area contributed by atoms with E-state index >= 15 is 0 Å². The maximum atomic E-state index is 13.4. The van der Waals surface area contributed by atoms with E-state index in [0.717, 1.165) is 40.0 Å². The summed E-state index contributed by atoms with van der Waals surface area (Å²) in [6.45, 7) is 2.03. The summed E-state index contributed by atoms with van der Waals surface area (Å²) in [7, 11) is -3.87. The highest BCUT2D eigenvalue weighted by atomic mass is 32.2. The summed E-state index contributed by atoms with van der Waals surface area (Å²) in [5.41, 5.74) is 2.43. The number of aromatic amines is 1. The summed E-state index contributed by atoms with van der Waals surface area (Å²) >= 11 is 0. The lowest BCUT2D eigenvalue weighted by molar-refractivity contribution is 0.0932. The van der Waals surface area contributed by atoms with Crippen LogP contribution in [-0.4, -0.2) is 25.5 Å². The molecule has 35 heavy (non-hydrogen) atoms. The number of fused-ring (bicyclic) bond motifs is 4. The first kappa shape index (κ1) is 23.1. The highest BCUT2D eigenvalue weighted by Crippen LogP contribution is 2.26. The highest BCUT2D eigenvalue weighted by molar-refractivity contribution is 7.89. The van der Waals surface area contributed by atoms with E-state index in [4.69, 9.17) is 0 Å². The first-order valence-corrected chi connectivity index (χ1v) is 13.3. The van der Waals surface area contributed by atoms with Crippen LogP contribution in [-0.2, 0) is 10.0 Å². The molecule has 0 saturated carbocycles. The molecule has 0 aliphatic rings. The maximum absolute atomic E-state index is 13.4. The molecule has 1 unspecified atom stereocenters. The van der Waals surface area contributed by atoms with Crippen molar-refractivity contribution < 1.29 is 13.2 Å². The van der Waals surface area contributed by atoms with Crippen molar-refractivity contribution in [2.24, 2.45) is 0 Å². The number of aromatic nitrogens is 1. The van der Waals surface area contributed by atoms with Crippen molar-refractivity contribution in [3.05, 3.63) is 90.5 Å². The summed E-state index contributed by atoms with van der Waals surface area (Å²) in [5.74, 6) is -0.320. The van der Waals surface area contributed by atoms with Crippen molar-refractivity contribution in [3.8, 4) is 0 Å². The number of hydrogen-bond acceptors (Lipinski definition) is 3. The zero-order valence-corrected chi connectivity index (χ0v) is 20.2. The van der Waals surface area contributed by atoms with E-state index in [0.29, 0.717) is 17.4 Å². The normalized spacial score (nSPS) is 12.8. The molecule has 0 spiro atoms. The molecule has 178 valence electrons. The van der Waals surface area contributed by atoms with Gasteiger partial charge in [0.2, 0.25) is 10.0 Å². The van der Waals surface area contributed by atoms with Gasteiger partial charge in [0.05, 0.1) is 11.1 Å². The lowest BCUT2D eigenvalue weighted by atomic mass is 10.1. The average Bonchev–Trinajstić information content (AvgIpc) is 3.24. The molecule has 1 atom stereocenters. The first-order chi connectivity index (χ1) is 17.0. The highest BCUT2D eigenvalue weighted by Gasteiger charge is 2.23. The number of amides is 1. The van der Waals surface area contributed by atoms with Crippen molar-refractivity contribution >= 4 is 48.5 Å². The minimum atomic E-state index is -3.87. The molecule has 5 aromatic rings. The molecule has 0 aliphatic carbocycles. The van der Waals surface area contributed by atoms with Crippen LogP contribution in [0.5, 0.6) is 0 Å². The van der Waals surface area contributed by atoms with E-state index in [1.165, 1.54) is 0 Å². The van der Waals surface area contributed by atoms with Crippen LogP contribution >= 0.6 is 0 Å². The predicted octanol–water partition coefficient (Wildman–Crippen LogP) is 5.70. The smallest absolute Gasteiger partial charge is 0.252 e. The van der Waals surface area contributed by atoms with E-state index < -0.39 is 16.2 Å². The van der Waals surface area contributed by atoms with Gasteiger partial charge in [0, 0.05) is 32.8 Å². The Balaban J connectivity index is 1.42. The van der Waals surface area contributed by atoms with Gasteiger partial charge in [-0.15, -0.1) is 0 Å². The number of carbonyl (C=O) groups excluding carboxylic acids is 1. The summed E-state index contributed by atoms with van der Waals surface area (Å²) in [5, 5.41) is 6.39. The molecular formula is C28H27N3O3S. The zero-order chi connectivity index (χ0) is 24.4. The Morgan fingerprint density at radius 3 is 2.40 bits per heavy atom. The van der Waals surface area contributed by atoms with Crippen LogP contribution in [0, 0.1) is 0 Å². The van der Waals surface area contributed by atoms with Crippen LogP contribution in [0.2, 0.25) is 0 Å². The lowest BCUT2D eigenvalue weighted by Crippen LogP contribution is -2.47. The molecule has 0 fully saturated rings.